The number of nitrogens with one attached hydrogen (secondary N) is 1. The molecule has 3 heteroatoms. The molecule has 20 heavy (non-hydrogen) atoms. The minimum atomic E-state index is 0.323. The summed E-state index contributed by atoms with van der Waals surface area (Å²) in [4.78, 5) is 2.56. The van der Waals surface area contributed by atoms with Crippen molar-refractivity contribution < 1.29 is 5.11 Å². The normalized spacial score (nSPS) is 38.2. The fraction of sp³-hybridized carbons (Fsp3) is 1.00. The predicted octanol–water partition coefficient (Wildman–Crippen LogP) is 2.49. The third-order valence-electron chi connectivity index (χ3n) is 5.64. The van der Waals surface area contributed by atoms with E-state index in [2.05, 4.69) is 37.9 Å². The van der Waals surface area contributed by atoms with E-state index in [-0.39, 0.29) is 0 Å². The summed E-state index contributed by atoms with van der Waals surface area (Å²) in [7, 11) is 0. The van der Waals surface area contributed by atoms with E-state index in [1.807, 2.05) is 0 Å². The van der Waals surface area contributed by atoms with Crippen molar-refractivity contribution in [1.82, 2.24) is 10.2 Å². The maximum absolute atomic E-state index is 9.65. The van der Waals surface area contributed by atoms with Gasteiger partial charge in [0.25, 0.3) is 0 Å². The lowest BCUT2D eigenvalue weighted by Crippen LogP contribution is -2.49. The molecular weight excluding hydrogens is 248 g/mol. The van der Waals surface area contributed by atoms with Gasteiger partial charge >= 0.3 is 0 Å². The van der Waals surface area contributed by atoms with Gasteiger partial charge < -0.3 is 10.4 Å². The Hall–Kier alpha value is -0.120. The smallest absolute Gasteiger partial charge is 0.0589 e. The largest absolute Gasteiger partial charge is 0.395 e. The maximum atomic E-state index is 9.65. The van der Waals surface area contributed by atoms with Crippen LogP contribution < -0.4 is 5.32 Å². The minimum Gasteiger partial charge on any atom is -0.395 e. The second-order valence-corrected chi connectivity index (χ2v) is 7.84. The van der Waals surface area contributed by atoms with Crippen LogP contribution in [0, 0.1) is 17.3 Å². The van der Waals surface area contributed by atoms with Crippen LogP contribution in [0.15, 0.2) is 0 Å². The van der Waals surface area contributed by atoms with Gasteiger partial charge in [-0.2, -0.15) is 0 Å². The van der Waals surface area contributed by atoms with Crippen LogP contribution in [0.5, 0.6) is 0 Å². The van der Waals surface area contributed by atoms with Gasteiger partial charge in [0.15, 0.2) is 0 Å². The molecule has 4 unspecified atom stereocenters. The average Bonchev–Trinajstić information content (AvgIpc) is 2.73. The fourth-order valence-corrected chi connectivity index (χ4v) is 4.37. The van der Waals surface area contributed by atoms with Crippen molar-refractivity contribution in [2.45, 2.75) is 65.5 Å². The Bertz CT molecular complexity index is 305. The highest BCUT2D eigenvalue weighted by Gasteiger charge is 2.38. The van der Waals surface area contributed by atoms with Crippen molar-refractivity contribution in [2.75, 3.05) is 26.2 Å². The molecule has 1 heterocycles. The molecule has 2 fully saturated rings. The van der Waals surface area contributed by atoms with Crippen molar-refractivity contribution >= 4 is 0 Å². The second-order valence-electron chi connectivity index (χ2n) is 7.84. The van der Waals surface area contributed by atoms with E-state index in [1.165, 1.54) is 32.2 Å². The summed E-state index contributed by atoms with van der Waals surface area (Å²) < 4.78 is 0. The lowest BCUT2D eigenvalue weighted by atomic mass is 9.69. The number of nitrogens with zero attached hydrogens (tertiary/aromatic N) is 1. The molecule has 0 bridgehead atoms. The Morgan fingerprint density at radius 1 is 1.30 bits per heavy atom. The Kier molecular flexibility index (Phi) is 5.49. The molecule has 0 spiro atoms. The fourth-order valence-electron chi connectivity index (χ4n) is 4.37. The van der Waals surface area contributed by atoms with Gasteiger partial charge in [0.05, 0.1) is 6.61 Å². The molecule has 1 saturated heterocycles. The Morgan fingerprint density at radius 2 is 2.05 bits per heavy atom. The van der Waals surface area contributed by atoms with Crippen molar-refractivity contribution in [2.24, 2.45) is 17.3 Å². The maximum Gasteiger partial charge on any atom is 0.0589 e. The number of hydrogen-bond donors (Lipinski definition) is 2. The summed E-state index contributed by atoms with van der Waals surface area (Å²) in [5, 5.41) is 13.4. The highest BCUT2D eigenvalue weighted by atomic mass is 16.3. The van der Waals surface area contributed by atoms with E-state index in [0.717, 1.165) is 19.0 Å². The first-order chi connectivity index (χ1) is 9.46. The summed E-state index contributed by atoms with van der Waals surface area (Å²) in [6, 6.07) is 1.06. The van der Waals surface area contributed by atoms with Gasteiger partial charge in [-0.15, -0.1) is 0 Å². The first-order valence-electron chi connectivity index (χ1n) is 8.55. The van der Waals surface area contributed by atoms with E-state index in [1.54, 1.807) is 0 Å². The van der Waals surface area contributed by atoms with Crippen LogP contribution >= 0.6 is 0 Å². The molecule has 2 N–H and O–H groups in total. The molecule has 1 aliphatic carbocycles. The SMILES string of the molecule is CCNC1CCC(C)(C)CC1CN1CCC(C)C1CO. The quantitative estimate of drug-likeness (QED) is 0.813. The summed E-state index contributed by atoms with van der Waals surface area (Å²) >= 11 is 0. The molecule has 0 amide bonds. The summed E-state index contributed by atoms with van der Waals surface area (Å²) in [5.74, 6) is 1.38. The molecule has 0 radical (unpaired) electrons. The molecule has 3 nitrogen and oxygen atoms in total. The third kappa shape index (κ3) is 3.75. The molecule has 1 aliphatic heterocycles. The number of aliphatic hydroxyl groups excluding tert-OH is 1. The second kappa shape index (κ2) is 6.76. The van der Waals surface area contributed by atoms with Crippen molar-refractivity contribution in [1.29, 1.82) is 0 Å². The number of aliphatic hydroxyl groups is 1. The lowest BCUT2D eigenvalue weighted by Gasteiger charge is -2.43. The van der Waals surface area contributed by atoms with Gasteiger partial charge in [-0.25, -0.2) is 0 Å². The van der Waals surface area contributed by atoms with Crippen LogP contribution in [-0.2, 0) is 0 Å². The molecule has 0 aromatic carbocycles. The Morgan fingerprint density at radius 3 is 2.70 bits per heavy atom. The summed E-state index contributed by atoms with van der Waals surface area (Å²) in [5.41, 5.74) is 0.483. The van der Waals surface area contributed by atoms with Crippen LogP contribution in [0.4, 0.5) is 0 Å². The molecule has 2 rings (SSSR count). The Balaban J connectivity index is 1.99. The van der Waals surface area contributed by atoms with Crippen LogP contribution in [0.1, 0.15) is 53.4 Å². The Labute approximate surface area is 125 Å². The van der Waals surface area contributed by atoms with E-state index < -0.39 is 0 Å². The zero-order valence-electron chi connectivity index (χ0n) is 13.9. The standard InChI is InChI=1S/C17H34N2O/c1-5-18-15-6-8-17(3,4)10-14(15)11-19-9-7-13(2)16(19)12-20/h13-16,18,20H,5-12H2,1-4H3. The monoisotopic (exact) mass is 282 g/mol. The highest BCUT2D eigenvalue weighted by molar-refractivity contribution is 4.93. The number of rotatable bonds is 5. The van der Waals surface area contributed by atoms with Crippen molar-refractivity contribution in [3.05, 3.63) is 0 Å². The number of hydrogen-bond acceptors (Lipinski definition) is 3. The van der Waals surface area contributed by atoms with Crippen LogP contribution in [0.3, 0.4) is 0 Å². The van der Waals surface area contributed by atoms with Gasteiger partial charge in [0.2, 0.25) is 0 Å². The molecule has 0 aromatic heterocycles. The van der Waals surface area contributed by atoms with Crippen LogP contribution in [0.2, 0.25) is 0 Å². The lowest BCUT2D eigenvalue weighted by molar-refractivity contribution is 0.0736. The minimum absolute atomic E-state index is 0.323. The van der Waals surface area contributed by atoms with Gasteiger partial charge in [0.1, 0.15) is 0 Å². The summed E-state index contributed by atoms with van der Waals surface area (Å²) in [6.45, 7) is 13.1. The van der Waals surface area contributed by atoms with E-state index >= 15 is 0 Å². The first kappa shape index (κ1) is 16.3. The molecule has 1 saturated carbocycles. The van der Waals surface area contributed by atoms with E-state index in [0.29, 0.717) is 30.0 Å². The van der Waals surface area contributed by atoms with Crippen LogP contribution in [-0.4, -0.2) is 48.3 Å². The zero-order chi connectivity index (χ0) is 14.8. The van der Waals surface area contributed by atoms with Gasteiger partial charge in [-0.05, 0) is 56.0 Å². The average molecular weight is 282 g/mol. The molecule has 118 valence electrons. The predicted molar refractivity (Wildman–Crippen MR) is 84.8 cm³/mol. The molecule has 0 aromatic rings. The van der Waals surface area contributed by atoms with Gasteiger partial charge in [-0.3, -0.25) is 4.90 Å². The zero-order valence-corrected chi connectivity index (χ0v) is 13.9. The molecule has 4 atom stereocenters. The highest BCUT2D eigenvalue weighted by Crippen LogP contribution is 2.40. The van der Waals surface area contributed by atoms with Crippen molar-refractivity contribution in [3.8, 4) is 0 Å². The molecule has 2 aliphatic rings. The number of likely N-dealkylation sites (tertiary alicyclic amines) is 1. The topological polar surface area (TPSA) is 35.5 Å². The van der Waals surface area contributed by atoms with Crippen LogP contribution in [0.25, 0.3) is 0 Å². The van der Waals surface area contributed by atoms with Gasteiger partial charge in [-0.1, -0.05) is 27.7 Å². The third-order valence-corrected chi connectivity index (χ3v) is 5.64. The first-order valence-corrected chi connectivity index (χ1v) is 8.55. The van der Waals surface area contributed by atoms with Crippen molar-refractivity contribution in [3.63, 3.8) is 0 Å². The van der Waals surface area contributed by atoms with Gasteiger partial charge in [0, 0.05) is 18.6 Å². The van der Waals surface area contributed by atoms with E-state index in [4.69, 9.17) is 0 Å². The van der Waals surface area contributed by atoms with E-state index in [9.17, 15) is 5.11 Å². The molecular formula is C17H34N2O. The summed E-state index contributed by atoms with van der Waals surface area (Å²) in [6.07, 6.45) is 5.20.